The quantitative estimate of drug-likeness (QED) is 0.336. The van der Waals surface area contributed by atoms with Crippen molar-refractivity contribution in [3.05, 3.63) is 0 Å². The molecule has 1 amide bonds. The number of ether oxygens (including phenoxy) is 1. The lowest BCUT2D eigenvalue weighted by Crippen LogP contribution is -2.68. The van der Waals surface area contributed by atoms with Crippen molar-refractivity contribution in [1.82, 2.24) is 20.4 Å². The van der Waals surface area contributed by atoms with E-state index in [0.29, 0.717) is 24.6 Å². The van der Waals surface area contributed by atoms with E-state index in [1.807, 2.05) is 13.8 Å². The molecule has 0 spiro atoms. The first-order chi connectivity index (χ1) is 12.8. The number of aliphatic imine (C=N–C) groups is 1. The fourth-order valence-corrected chi connectivity index (χ4v) is 4.83. The number of amides is 1. The molecular weight excluding hydrogens is 469 g/mol. The highest BCUT2D eigenvalue weighted by molar-refractivity contribution is 14.0. The fraction of sp³-hybridized carbons (Fsp3) is 0.900. The van der Waals surface area contributed by atoms with Gasteiger partial charge in [-0.3, -0.25) is 14.7 Å². The highest BCUT2D eigenvalue weighted by Crippen LogP contribution is 2.52. The lowest BCUT2D eigenvalue weighted by molar-refractivity contribution is -0.123. The molecule has 3 atom stereocenters. The summed E-state index contributed by atoms with van der Waals surface area (Å²) < 4.78 is 5.92. The van der Waals surface area contributed by atoms with Crippen LogP contribution in [0.15, 0.2) is 4.99 Å². The largest absolute Gasteiger partial charge is 0.377 e. The van der Waals surface area contributed by atoms with Crippen LogP contribution in [0.4, 0.5) is 0 Å². The lowest BCUT2D eigenvalue weighted by Gasteiger charge is -2.55. The molecule has 0 aromatic carbocycles. The van der Waals surface area contributed by atoms with Crippen LogP contribution >= 0.6 is 24.0 Å². The summed E-state index contributed by atoms with van der Waals surface area (Å²) in [5.74, 6) is 1.73. The van der Waals surface area contributed by atoms with Crippen molar-refractivity contribution in [3.8, 4) is 0 Å². The molecule has 2 saturated heterocycles. The van der Waals surface area contributed by atoms with Crippen LogP contribution in [0.2, 0.25) is 0 Å². The van der Waals surface area contributed by atoms with Gasteiger partial charge >= 0.3 is 0 Å². The van der Waals surface area contributed by atoms with Crippen molar-refractivity contribution >= 4 is 35.8 Å². The zero-order valence-corrected chi connectivity index (χ0v) is 20.4. The van der Waals surface area contributed by atoms with Crippen molar-refractivity contribution < 1.29 is 9.53 Å². The fourth-order valence-electron chi connectivity index (χ4n) is 4.83. The Morgan fingerprint density at radius 3 is 2.54 bits per heavy atom. The van der Waals surface area contributed by atoms with Gasteiger partial charge in [0, 0.05) is 62.7 Å². The summed E-state index contributed by atoms with van der Waals surface area (Å²) in [5, 5.41) is 6.74. The van der Waals surface area contributed by atoms with E-state index in [4.69, 9.17) is 9.73 Å². The predicted molar refractivity (Wildman–Crippen MR) is 123 cm³/mol. The van der Waals surface area contributed by atoms with E-state index in [0.717, 1.165) is 51.7 Å². The van der Waals surface area contributed by atoms with Crippen molar-refractivity contribution in [2.45, 2.75) is 59.2 Å². The molecule has 28 heavy (non-hydrogen) atoms. The highest BCUT2D eigenvalue weighted by Gasteiger charge is 2.59. The molecule has 2 N–H and O–H groups in total. The number of halogens is 1. The third-order valence-electron chi connectivity index (χ3n) is 6.18. The Morgan fingerprint density at radius 1 is 1.25 bits per heavy atom. The first kappa shape index (κ1) is 23.7. The molecule has 7 nitrogen and oxygen atoms in total. The zero-order chi connectivity index (χ0) is 19.6. The Morgan fingerprint density at radius 2 is 1.93 bits per heavy atom. The lowest BCUT2D eigenvalue weighted by atomic mass is 9.57. The molecule has 3 unspecified atom stereocenters. The maximum absolute atomic E-state index is 12.0. The molecule has 2 aliphatic heterocycles. The number of hydrogen-bond acceptors (Lipinski definition) is 4. The van der Waals surface area contributed by atoms with Crippen LogP contribution < -0.4 is 10.6 Å². The SMILES string of the molecule is CCN=C(NC1C2CCOC2C1(C)C)N1CCN(CC(=O)NC(C)C)CC1.I. The molecule has 0 bridgehead atoms. The minimum absolute atomic E-state index is 0. The number of nitrogens with zero attached hydrogens (tertiary/aromatic N) is 3. The Balaban J connectivity index is 0.00000280. The summed E-state index contributed by atoms with van der Waals surface area (Å²) in [4.78, 5) is 21.3. The number of carbonyl (C=O) groups is 1. The first-order valence-corrected chi connectivity index (χ1v) is 10.5. The molecular formula is C20H38IN5O2. The van der Waals surface area contributed by atoms with Crippen LogP contribution in [0.1, 0.15) is 41.0 Å². The van der Waals surface area contributed by atoms with Gasteiger partial charge in [0.15, 0.2) is 5.96 Å². The predicted octanol–water partition coefficient (Wildman–Crippen LogP) is 1.53. The van der Waals surface area contributed by atoms with E-state index in [2.05, 4.69) is 41.2 Å². The summed E-state index contributed by atoms with van der Waals surface area (Å²) in [7, 11) is 0. The molecule has 162 valence electrons. The standard InChI is InChI=1S/C20H37N5O2.HI/c1-6-21-19(23-17-15-7-12-27-18(15)20(17,4)5)25-10-8-24(9-11-25)13-16(26)22-14(2)3;/h14-15,17-18H,6-13H2,1-5H3,(H,21,23)(H,22,26);1H. The van der Waals surface area contributed by atoms with Gasteiger partial charge in [-0.05, 0) is 27.2 Å². The minimum Gasteiger partial charge on any atom is -0.377 e. The summed E-state index contributed by atoms with van der Waals surface area (Å²) >= 11 is 0. The number of nitrogens with one attached hydrogen (secondary N) is 2. The number of hydrogen-bond donors (Lipinski definition) is 2. The zero-order valence-electron chi connectivity index (χ0n) is 18.0. The molecule has 1 aliphatic carbocycles. The number of piperazine rings is 1. The number of rotatable bonds is 5. The van der Waals surface area contributed by atoms with Gasteiger partial charge < -0.3 is 20.3 Å². The Hall–Kier alpha value is -0.610. The van der Waals surface area contributed by atoms with Crippen LogP contribution in [-0.2, 0) is 9.53 Å². The molecule has 0 aromatic rings. The average molecular weight is 507 g/mol. The van der Waals surface area contributed by atoms with Crippen LogP contribution in [0.3, 0.4) is 0 Å². The second-order valence-corrected chi connectivity index (χ2v) is 8.97. The molecule has 0 radical (unpaired) electrons. The number of carbonyl (C=O) groups excluding carboxylic acids is 1. The molecule has 2 heterocycles. The van der Waals surface area contributed by atoms with Crippen molar-refractivity contribution in [2.24, 2.45) is 16.3 Å². The third kappa shape index (κ3) is 5.11. The Kier molecular flexibility index (Phi) is 8.39. The third-order valence-corrected chi connectivity index (χ3v) is 6.18. The van der Waals surface area contributed by atoms with Crippen molar-refractivity contribution in [1.29, 1.82) is 0 Å². The van der Waals surface area contributed by atoms with Crippen LogP contribution in [0, 0.1) is 11.3 Å². The van der Waals surface area contributed by atoms with Crippen molar-refractivity contribution in [2.75, 3.05) is 45.9 Å². The molecule has 3 fully saturated rings. The minimum atomic E-state index is 0. The van der Waals surface area contributed by atoms with Gasteiger partial charge in [-0.1, -0.05) is 13.8 Å². The molecule has 1 saturated carbocycles. The first-order valence-electron chi connectivity index (χ1n) is 10.5. The van der Waals surface area contributed by atoms with Crippen LogP contribution in [-0.4, -0.2) is 85.7 Å². The monoisotopic (exact) mass is 507 g/mol. The van der Waals surface area contributed by atoms with Gasteiger partial charge in [-0.25, -0.2) is 0 Å². The summed E-state index contributed by atoms with van der Waals surface area (Å²) in [6, 6.07) is 0.616. The van der Waals surface area contributed by atoms with E-state index in [-0.39, 0.29) is 41.3 Å². The van der Waals surface area contributed by atoms with Gasteiger partial charge in [0.05, 0.1) is 12.6 Å². The van der Waals surface area contributed by atoms with E-state index >= 15 is 0 Å². The smallest absolute Gasteiger partial charge is 0.234 e. The van der Waals surface area contributed by atoms with Gasteiger partial charge in [0.25, 0.3) is 0 Å². The number of fused-ring (bicyclic) bond motifs is 1. The summed E-state index contributed by atoms with van der Waals surface area (Å²) in [5.41, 5.74) is 0.145. The van der Waals surface area contributed by atoms with E-state index in [9.17, 15) is 4.79 Å². The topological polar surface area (TPSA) is 69.2 Å². The van der Waals surface area contributed by atoms with Gasteiger partial charge in [-0.2, -0.15) is 0 Å². The summed E-state index contributed by atoms with van der Waals surface area (Å²) in [6.07, 6.45) is 1.53. The second-order valence-electron chi connectivity index (χ2n) is 8.97. The molecule has 8 heteroatoms. The van der Waals surface area contributed by atoms with E-state index in [1.165, 1.54) is 0 Å². The number of guanidine groups is 1. The normalized spacial score (nSPS) is 29.7. The highest BCUT2D eigenvalue weighted by atomic mass is 127. The van der Waals surface area contributed by atoms with Gasteiger partial charge in [0.1, 0.15) is 0 Å². The van der Waals surface area contributed by atoms with E-state index < -0.39 is 0 Å². The summed E-state index contributed by atoms with van der Waals surface area (Å²) in [6.45, 7) is 16.4. The molecule has 3 rings (SSSR count). The Bertz CT molecular complexity index is 561. The maximum atomic E-state index is 12.0. The van der Waals surface area contributed by atoms with Crippen molar-refractivity contribution in [3.63, 3.8) is 0 Å². The molecule has 0 aromatic heterocycles. The second kappa shape index (κ2) is 9.93. The van der Waals surface area contributed by atoms with Gasteiger partial charge in [0.2, 0.25) is 5.91 Å². The van der Waals surface area contributed by atoms with Crippen LogP contribution in [0.25, 0.3) is 0 Å². The average Bonchev–Trinajstić information content (AvgIpc) is 3.05. The maximum Gasteiger partial charge on any atom is 0.234 e. The molecule has 3 aliphatic rings. The Labute approximate surface area is 187 Å². The van der Waals surface area contributed by atoms with Crippen LogP contribution in [0.5, 0.6) is 0 Å². The van der Waals surface area contributed by atoms with E-state index in [1.54, 1.807) is 0 Å². The van der Waals surface area contributed by atoms with Gasteiger partial charge in [-0.15, -0.1) is 24.0 Å².